The molecule has 0 aromatic heterocycles. The molecule has 0 spiro atoms. The second-order valence-electron chi connectivity index (χ2n) is 6.56. The quantitative estimate of drug-likeness (QED) is 0.416. The summed E-state index contributed by atoms with van der Waals surface area (Å²) >= 11 is 0. The van der Waals surface area contributed by atoms with E-state index in [1.165, 1.54) is 12.1 Å². The number of carbonyl (C=O) groups excluding carboxylic acids is 1. The molecular formula is C20H22O9. The summed E-state index contributed by atoms with van der Waals surface area (Å²) in [5, 5.41) is 48.9. The molecule has 0 aliphatic carbocycles. The van der Waals surface area contributed by atoms with Gasteiger partial charge in [0, 0.05) is 6.07 Å². The Balaban J connectivity index is 1.65. The molecule has 1 fully saturated rings. The second-order valence-corrected chi connectivity index (χ2v) is 6.56. The fourth-order valence-electron chi connectivity index (χ4n) is 2.86. The highest BCUT2D eigenvalue weighted by molar-refractivity contribution is 5.92. The average molecular weight is 406 g/mol. The number of ether oxygens (including phenoxy) is 3. The first-order chi connectivity index (χ1) is 13.9. The number of phenols is 1. The fourth-order valence-corrected chi connectivity index (χ4v) is 2.86. The first-order valence-electron chi connectivity index (χ1n) is 8.92. The van der Waals surface area contributed by atoms with Gasteiger partial charge in [-0.2, -0.15) is 0 Å². The zero-order valence-electron chi connectivity index (χ0n) is 15.3. The van der Waals surface area contributed by atoms with E-state index in [-0.39, 0.29) is 17.9 Å². The Labute approximate surface area is 166 Å². The first-order valence-corrected chi connectivity index (χ1v) is 8.92. The second kappa shape index (κ2) is 9.21. The Kier molecular flexibility index (Phi) is 6.68. The molecule has 1 heterocycles. The van der Waals surface area contributed by atoms with Gasteiger partial charge in [0.1, 0.15) is 48.1 Å². The van der Waals surface area contributed by atoms with Crippen molar-refractivity contribution in [3.05, 3.63) is 59.7 Å². The number of carbonyl (C=O) groups is 1. The van der Waals surface area contributed by atoms with Crippen LogP contribution in [0.25, 0.3) is 0 Å². The first kappa shape index (κ1) is 21.0. The monoisotopic (exact) mass is 406 g/mol. The lowest BCUT2D eigenvalue weighted by atomic mass is 9.99. The third-order valence-electron chi connectivity index (χ3n) is 4.50. The topological polar surface area (TPSA) is 146 Å². The summed E-state index contributed by atoms with van der Waals surface area (Å²) in [6, 6.07) is 12.8. The number of rotatable bonds is 6. The summed E-state index contributed by atoms with van der Waals surface area (Å²) in [6.45, 7) is -0.551. The van der Waals surface area contributed by atoms with Crippen LogP contribution in [-0.2, 0) is 16.1 Å². The Hall–Kier alpha value is -2.69. The predicted molar refractivity (Wildman–Crippen MR) is 98.1 cm³/mol. The summed E-state index contributed by atoms with van der Waals surface area (Å²) < 4.78 is 15.8. The van der Waals surface area contributed by atoms with Gasteiger partial charge in [0.25, 0.3) is 0 Å². The maximum absolute atomic E-state index is 12.2. The third kappa shape index (κ3) is 4.84. The molecule has 2 aromatic rings. The van der Waals surface area contributed by atoms with Crippen LogP contribution in [0.2, 0.25) is 0 Å². The molecule has 2 aromatic carbocycles. The van der Waals surface area contributed by atoms with Gasteiger partial charge in [-0.3, -0.25) is 0 Å². The van der Waals surface area contributed by atoms with Crippen LogP contribution in [0.4, 0.5) is 0 Å². The fraction of sp³-hybridized carbons (Fsp3) is 0.350. The van der Waals surface area contributed by atoms with Gasteiger partial charge in [-0.25, -0.2) is 4.79 Å². The van der Waals surface area contributed by atoms with Crippen molar-refractivity contribution < 1.29 is 44.5 Å². The van der Waals surface area contributed by atoms with Gasteiger partial charge in [-0.15, -0.1) is 0 Å². The highest BCUT2D eigenvalue weighted by atomic mass is 16.7. The van der Waals surface area contributed by atoms with Crippen LogP contribution in [0, 0.1) is 0 Å². The highest BCUT2D eigenvalue weighted by Crippen LogP contribution is 2.28. The average Bonchev–Trinajstić information content (AvgIpc) is 2.73. The zero-order chi connectivity index (χ0) is 21.0. The summed E-state index contributed by atoms with van der Waals surface area (Å²) in [4.78, 5) is 12.2. The van der Waals surface area contributed by atoms with Crippen molar-refractivity contribution in [1.29, 1.82) is 0 Å². The normalized spacial score (nSPS) is 26.7. The lowest BCUT2D eigenvalue weighted by Crippen LogP contribution is -2.60. The van der Waals surface area contributed by atoms with E-state index in [2.05, 4.69) is 0 Å². The SMILES string of the molecule is O=C(OCc1ccccc1)c1ccc(OC2OC(CO)C(O)C(O)C2O)cc1O. The number of esters is 1. The lowest BCUT2D eigenvalue weighted by molar-refractivity contribution is -0.277. The number of hydrogen-bond donors (Lipinski definition) is 5. The van der Waals surface area contributed by atoms with Gasteiger partial charge in [0.2, 0.25) is 6.29 Å². The van der Waals surface area contributed by atoms with E-state index in [1.807, 2.05) is 18.2 Å². The van der Waals surface area contributed by atoms with Gasteiger partial charge < -0.3 is 39.7 Å². The molecule has 0 bridgehead atoms. The van der Waals surface area contributed by atoms with Crippen LogP contribution in [0.3, 0.4) is 0 Å². The number of phenolic OH excluding ortho intramolecular Hbond substituents is 1. The van der Waals surface area contributed by atoms with E-state index < -0.39 is 49.0 Å². The minimum absolute atomic E-state index is 0.0337. The molecule has 0 radical (unpaired) electrons. The predicted octanol–water partition coefficient (Wildman–Crippen LogP) is -0.0721. The summed E-state index contributed by atoms with van der Waals surface area (Å²) in [7, 11) is 0. The standard InChI is InChI=1S/C20H22O9/c21-9-15-16(23)17(24)18(25)20(29-15)28-12-6-7-13(14(22)8-12)19(26)27-10-11-4-2-1-3-5-11/h1-8,15-18,20-25H,9-10H2. The molecule has 5 unspecified atom stereocenters. The minimum Gasteiger partial charge on any atom is -0.507 e. The summed E-state index contributed by atoms with van der Waals surface area (Å²) in [5.41, 5.74) is 0.713. The highest BCUT2D eigenvalue weighted by Gasteiger charge is 2.44. The van der Waals surface area contributed by atoms with Crippen molar-refractivity contribution >= 4 is 5.97 Å². The number of hydrogen-bond acceptors (Lipinski definition) is 9. The largest absolute Gasteiger partial charge is 0.507 e. The van der Waals surface area contributed by atoms with Crippen LogP contribution in [-0.4, -0.2) is 68.8 Å². The molecule has 1 saturated heterocycles. The molecule has 3 rings (SSSR count). The third-order valence-corrected chi connectivity index (χ3v) is 4.50. The van der Waals surface area contributed by atoms with Crippen LogP contribution in [0.5, 0.6) is 11.5 Å². The molecule has 0 saturated carbocycles. The van der Waals surface area contributed by atoms with Gasteiger partial charge >= 0.3 is 5.97 Å². The molecule has 156 valence electrons. The van der Waals surface area contributed by atoms with Gasteiger partial charge in [-0.05, 0) is 17.7 Å². The van der Waals surface area contributed by atoms with Crippen molar-refractivity contribution in [3.8, 4) is 11.5 Å². The molecule has 1 aliphatic rings. The Morgan fingerprint density at radius 1 is 1.00 bits per heavy atom. The van der Waals surface area contributed by atoms with E-state index in [0.29, 0.717) is 0 Å². The summed E-state index contributed by atoms with van der Waals surface area (Å²) in [5.74, 6) is -1.11. The molecule has 9 heteroatoms. The van der Waals surface area contributed by atoms with Crippen molar-refractivity contribution in [2.45, 2.75) is 37.3 Å². The number of aliphatic hydroxyl groups excluding tert-OH is 4. The minimum atomic E-state index is -1.59. The molecular weight excluding hydrogens is 384 g/mol. The van der Waals surface area contributed by atoms with Crippen molar-refractivity contribution in [2.24, 2.45) is 0 Å². The molecule has 9 nitrogen and oxygen atoms in total. The molecule has 1 aliphatic heterocycles. The number of benzene rings is 2. The number of aromatic hydroxyl groups is 1. The Morgan fingerprint density at radius 2 is 1.72 bits per heavy atom. The van der Waals surface area contributed by atoms with Gasteiger partial charge in [-0.1, -0.05) is 30.3 Å². The van der Waals surface area contributed by atoms with Crippen LogP contribution >= 0.6 is 0 Å². The van der Waals surface area contributed by atoms with Crippen molar-refractivity contribution in [2.75, 3.05) is 6.61 Å². The van der Waals surface area contributed by atoms with E-state index in [0.717, 1.165) is 11.6 Å². The van der Waals surface area contributed by atoms with E-state index in [9.17, 15) is 30.3 Å². The number of aliphatic hydroxyl groups is 4. The van der Waals surface area contributed by atoms with E-state index in [4.69, 9.17) is 14.2 Å². The molecule has 29 heavy (non-hydrogen) atoms. The maximum Gasteiger partial charge on any atom is 0.342 e. The van der Waals surface area contributed by atoms with Crippen LogP contribution in [0.15, 0.2) is 48.5 Å². The molecule has 0 amide bonds. The molecule has 5 atom stereocenters. The van der Waals surface area contributed by atoms with Crippen LogP contribution < -0.4 is 4.74 Å². The van der Waals surface area contributed by atoms with Crippen molar-refractivity contribution in [1.82, 2.24) is 0 Å². The smallest absolute Gasteiger partial charge is 0.342 e. The van der Waals surface area contributed by atoms with Crippen molar-refractivity contribution in [3.63, 3.8) is 0 Å². The van der Waals surface area contributed by atoms with E-state index >= 15 is 0 Å². The Morgan fingerprint density at radius 3 is 2.38 bits per heavy atom. The maximum atomic E-state index is 12.2. The lowest BCUT2D eigenvalue weighted by Gasteiger charge is -2.39. The van der Waals surface area contributed by atoms with E-state index in [1.54, 1.807) is 12.1 Å². The van der Waals surface area contributed by atoms with Gasteiger partial charge in [0.15, 0.2) is 0 Å². The summed E-state index contributed by atoms with van der Waals surface area (Å²) in [6.07, 6.45) is -7.22. The molecule has 5 N–H and O–H groups in total. The zero-order valence-corrected chi connectivity index (χ0v) is 15.3. The van der Waals surface area contributed by atoms with Crippen LogP contribution in [0.1, 0.15) is 15.9 Å². The Bertz CT molecular complexity index is 824. The van der Waals surface area contributed by atoms with Gasteiger partial charge in [0.05, 0.1) is 6.61 Å².